The third-order valence-corrected chi connectivity index (χ3v) is 2.47. The minimum Gasteiger partial charge on any atom is -0.390 e. The summed E-state index contributed by atoms with van der Waals surface area (Å²) in [7, 11) is 0. The van der Waals surface area contributed by atoms with Gasteiger partial charge in [0.1, 0.15) is 6.61 Å². The van der Waals surface area contributed by atoms with Gasteiger partial charge in [0, 0.05) is 18.0 Å². The molecule has 8 heteroatoms. The summed E-state index contributed by atoms with van der Waals surface area (Å²) in [5.41, 5.74) is 5.16. The molecule has 3 N–H and O–H groups in total. The molecule has 1 aromatic rings. The van der Waals surface area contributed by atoms with E-state index in [2.05, 4.69) is 4.98 Å². The minimum absolute atomic E-state index is 0. The SMILES string of the molecule is Cl.N[C@H](c1c(Cl)cncc1Cl)C(F)(F)CO. The normalized spacial score (nSPS) is 13.1. The van der Waals surface area contributed by atoms with E-state index in [1.807, 2.05) is 0 Å². The van der Waals surface area contributed by atoms with E-state index in [0.717, 1.165) is 12.4 Å². The number of rotatable bonds is 3. The molecular weight excluding hydrogens is 284 g/mol. The van der Waals surface area contributed by atoms with Crippen molar-refractivity contribution >= 4 is 35.6 Å². The Bertz CT molecular complexity index is 345. The Morgan fingerprint density at radius 3 is 2.19 bits per heavy atom. The third-order valence-electron chi connectivity index (χ3n) is 1.87. The lowest BCUT2D eigenvalue weighted by atomic mass is 10.0. The average Bonchev–Trinajstić information content (AvgIpc) is 2.17. The maximum Gasteiger partial charge on any atom is 0.289 e. The number of aliphatic hydroxyl groups is 1. The Kier molecular flexibility index (Phi) is 5.86. The van der Waals surface area contributed by atoms with Crippen molar-refractivity contribution in [3.05, 3.63) is 28.0 Å². The number of halogens is 5. The minimum atomic E-state index is -3.48. The molecule has 16 heavy (non-hydrogen) atoms. The molecule has 0 bridgehead atoms. The highest BCUT2D eigenvalue weighted by Crippen LogP contribution is 2.36. The molecule has 0 radical (unpaired) electrons. The van der Waals surface area contributed by atoms with E-state index < -0.39 is 18.6 Å². The Morgan fingerprint density at radius 1 is 1.38 bits per heavy atom. The Morgan fingerprint density at radius 2 is 1.81 bits per heavy atom. The lowest BCUT2D eigenvalue weighted by Gasteiger charge is -2.23. The lowest BCUT2D eigenvalue weighted by Crippen LogP contribution is -2.36. The zero-order valence-corrected chi connectivity index (χ0v) is 10.2. The first-order chi connectivity index (χ1) is 6.90. The van der Waals surface area contributed by atoms with Gasteiger partial charge in [-0.1, -0.05) is 23.2 Å². The topological polar surface area (TPSA) is 59.1 Å². The molecule has 0 aliphatic heterocycles. The second-order valence-electron chi connectivity index (χ2n) is 2.91. The molecule has 1 aromatic heterocycles. The monoisotopic (exact) mass is 292 g/mol. The van der Waals surface area contributed by atoms with Crippen LogP contribution in [0, 0.1) is 0 Å². The van der Waals surface area contributed by atoms with Gasteiger partial charge in [-0.05, 0) is 0 Å². The van der Waals surface area contributed by atoms with Gasteiger partial charge < -0.3 is 10.8 Å². The molecule has 0 aliphatic rings. The van der Waals surface area contributed by atoms with Crippen LogP contribution in [0.15, 0.2) is 12.4 Å². The Labute approximate surface area is 107 Å². The van der Waals surface area contributed by atoms with Crippen molar-refractivity contribution in [3.8, 4) is 0 Å². The van der Waals surface area contributed by atoms with Crippen LogP contribution in [0.5, 0.6) is 0 Å². The largest absolute Gasteiger partial charge is 0.390 e. The fourth-order valence-corrected chi connectivity index (χ4v) is 1.63. The molecule has 92 valence electrons. The van der Waals surface area contributed by atoms with E-state index in [4.69, 9.17) is 34.0 Å². The summed E-state index contributed by atoms with van der Waals surface area (Å²) in [5, 5.41) is 8.37. The molecule has 0 spiro atoms. The Balaban J connectivity index is 0.00000225. The second-order valence-corrected chi connectivity index (χ2v) is 3.73. The van der Waals surface area contributed by atoms with Crippen LogP contribution in [0.3, 0.4) is 0 Å². The molecule has 3 nitrogen and oxygen atoms in total. The summed E-state index contributed by atoms with van der Waals surface area (Å²) in [5.74, 6) is -3.48. The van der Waals surface area contributed by atoms with Crippen LogP contribution in [-0.2, 0) is 0 Å². The predicted molar refractivity (Wildman–Crippen MR) is 60.5 cm³/mol. The molecule has 0 aliphatic carbocycles. The highest BCUT2D eigenvalue weighted by molar-refractivity contribution is 6.35. The molecule has 1 heterocycles. The van der Waals surface area contributed by atoms with Gasteiger partial charge in [-0.15, -0.1) is 12.4 Å². The highest BCUT2D eigenvalue weighted by atomic mass is 35.5. The van der Waals surface area contributed by atoms with Gasteiger partial charge in [-0.2, -0.15) is 0 Å². The van der Waals surface area contributed by atoms with E-state index in [-0.39, 0.29) is 28.0 Å². The van der Waals surface area contributed by atoms with Crippen LogP contribution < -0.4 is 5.73 Å². The van der Waals surface area contributed by atoms with Gasteiger partial charge in [0.05, 0.1) is 16.1 Å². The molecule has 1 rings (SSSR count). The van der Waals surface area contributed by atoms with Crippen molar-refractivity contribution in [2.24, 2.45) is 5.73 Å². The van der Waals surface area contributed by atoms with Crippen LogP contribution in [0.1, 0.15) is 11.6 Å². The lowest BCUT2D eigenvalue weighted by molar-refractivity contribution is -0.0711. The van der Waals surface area contributed by atoms with Crippen LogP contribution in [0.4, 0.5) is 8.78 Å². The van der Waals surface area contributed by atoms with Crippen LogP contribution in [-0.4, -0.2) is 22.6 Å². The first kappa shape index (κ1) is 15.8. The van der Waals surface area contributed by atoms with Gasteiger partial charge in [0.15, 0.2) is 0 Å². The standard InChI is InChI=1S/C8H8Cl2F2N2O.ClH/c9-4-1-14-2-5(10)6(4)7(13)8(11,12)3-15;/h1-2,7,15H,3,13H2;1H/t7-;/m1./s1. The third kappa shape index (κ3) is 3.15. The zero-order valence-electron chi connectivity index (χ0n) is 7.83. The Hall–Kier alpha value is -0.200. The van der Waals surface area contributed by atoms with Crippen LogP contribution in [0.25, 0.3) is 0 Å². The molecular formula is C8H9Cl3F2N2O. The summed E-state index contributed by atoms with van der Waals surface area (Å²) in [6.07, 6.45) is 2.33. The van der Waals surface area contributed by atoms with Crippen LogP contribution in [0.2, 0.25) is 10.0 Å². The van der Waals surface area contributed by atoms with Gasteiger partial charge in [0.2, 0.25) is 0 Å². The van der Waals surface area contributed by atoms with Gasteiger partial charge in [-0.25, -0.2) is 8.78 Å². The second kappa shape index (κ2) is 5.93. The van der Waals surface area contributed by atoms with Crippen molar-refractivity contribution in [3.63, 3.8) is 0 Å². The first-order valence-electron chi connectivity index (χ1n) is 3.93. The first-order valence-corrected chi connectivity index (χ1v) is 4.69. The molecule has 0 aromatic carbocycles. The fourth-order valence-electron chi connectivity index (χ4n) is 1.03. The zero-order chi connectivity index (χ0) is 11.6. The maximum atomic E-state index is 13.1. The van der Waals surface area contributed by atoms with Crippen molar-refractivity contribution in [1.29, 1.82) is 0 Å². The predicted octanol–water partition coefficient (Wildman–Crippen LogP) is 2.44. The van der Waals surface area contributed by atoms with Gasteiger partial charge >= 0.3 is 0 Å². The molecule has 0 amide bonds. The average molecular weight is 294 g/mol. The number of hydrogen-bond donors (Lipinski definition) is 2. The number of nitrogens with zero attached hydrogens (tertiary/aromatic N) is 1. The number of nitrogens with two attached hydrogens (primary N) is 1. The van der Waals surface area contributed by atoms with Gasteiger partial charge in [0.25, 0.3) is 5.92 Å². The summed E-state index contributed by atoms with van der Waals surface area (Å²) in [4.78, 5) is 3.61. The van der Waals surface area contributed by atoms with Crippen LogP contribution >= 0.6 is 35.6 Å². The van der Waals surface area contributed by atoms with E-state index in [0.29, 0.717) is 0 Å². The summed E-state index contributed by atoms with van der Waals surface area (Å²) in [6.45, 7) is -1.37. The number of alkyl halides is 2. The van der Waals surface area contributed by atoms with Crippen molar-refractivity contribution < 1.29 is 13.9 Å². The molecule has 0 saturated carbocycles. The highest BCUT2D eigenvalue weighted by Gasteiger charge is 2.39. The quantitative estimate of drug-likeness (QED) is 0.900. The number of pyridine rings is 1. The maximum absolute atomic E-state index is 13.1. The van der Waals surface area contributed by atoms with Gasteiger partial charge in [-0.3, -0.25) is 4.98 Å². The number of aliphatic hydroxyl groups excluding tert-OH is 1. The number of aromatic nitrogens is 1. The van der Waals surface area contributed by atoms with Crippen molar-refractivity contribution in [2.45, 2.75) is 12.0 Å². The summed E-state index contributed by atoms with van der Waals surface area (Å²) in [6, 6.07) is -1.76. The van der Waals surface area contributed by atoms with E-state index >= 15 is 0 Å². The molecule has 0 unspecified atom stereocenters. The fraction of sp³-hybridized carbons (Fsp3) is 0.375. The smallest absolute Gasteiger partial charge is 0.289 e. The molecule has 1 atom stereocenters. The summed E-state index contributed by atoms with van der Waals surface area (Å²) >= 11 is 11.3. The number of hydrogen-bond acceptors (Lipinski definition) is 3. The molecule has 0 fully saturated rings. The van der Waals surface area contributed by atoms with E-state index in [1.54, 1.807) is 0 Å². The van der Waals surface area contributed by atoms with E-state index in [1.165, 1.54) is 0 Å². The summed E-state index contributed by atoms with van der Waals surface area (Å²) < 4.78 is 26.2. The molecule has 0 saturated heterocycles. The van der Waals surface area contributed by atoms with Crippen molar-refractivity contribution in [1.82, 2.24) is 4.98 Å². The van der Waals surface area contributed by atoms with E-state index in [9.17, 15) is 8.78 Å². The van der Waals surface area contributed by atoms with Crippen molar-refractivity contribution in [2.75, 3.05) is 6.61 Å².